The summed E-state index contributed by atoms with van der Waals surface area (Å²) in [4.78, 5) is 14.7. The van der Waals surface area contributed by atoms with Crippen molar-refractivity contribution in [2.75, 3.05) is 33.5 Å². The van der Waals surface area contributed by atoms with Crippen LogP contribution in [0.15, 0.2) is 12.1 Å². The lowest BCUT2D eigenvalue weighted by molar-refractivity contribution is -0.0370. The standard InChI is InChI=1S/C17H24ClNO4/c1-5-7-23-15-13(18)9-12(10-14(15)21-4)16(20)19-6-8-22-11-17(19,2)3/h9-10H,5-8,11H2,1-4H3. The van der Waals surface area contributed by atoms with Gasteiger partial charge in [-0.05, 0) is 32.4 Å². The van der Waals surface area contributed by atoms with Crippen LogP contribution in [0.3, 0.4) is 0 Å². The normalized spacial score (nSPS) is 17.0. The van der Waals surface area contributed by atoms with E-state index in [-0.39, 0.29) is 11.4 Å². The molecule has 1 aliphatic heterocycles. The molecular formula is C17H24ClNO4. The summed E-state index contributed by atoms with van der Waals surface area (Å²) < 4.78 is 16.4. The minimum atomic E-state index is -0.355. The molecule has 0 saturated carbocycles. The Bertz CT molecular complexity index is 574. The molecule has 0 aliphatic carbocycles. The highest BCUT2D eigenvalue weighted by Crippen LogP contribution is 2.37. The second-order valence-electron chi connectivity index (χ2n) is 6.16. The average Bonchev–Trinajstić information content (AvgIpc) is 2.52. The van der Waals surface area contributed by atoms with Crippen molar-refractivity contribution in [1.82, 2.24) is 4.90 Å². The molecule has 0 radical (unpaired) electrons. The van der Waals surface area contributed by atoms with Gasteiger partial charge in [0.15, 0.2) is 11.5 Å². The Kier molecular flexibility index (Phi) is 5.76. The zero-order valence-corrected chi connectivity index (χ0v) is 14.9. The molecule has 1 amide bonds. The number of nitrogens with zero attached hydrogens (tertiary/aromatic N) is 1. The van der Waals surface area contributed by atoms with E-state index >= 15 is 0 Å². The van der Waals surface area contributed by atoms with Crippen molar-refractivity contribution in [3.63, 3.8) is 0 Å². The van der Waals surface area contributed by atoms with E-state index in [1.165, 1.54) is 7.11 Å². The first kappa shape index (κ1) is 17.9. The van der Waals surface area contributed by atoms with Gasteiger partial charge in [0.05, 0.1) is 37.5 Å². The number of methoxy groups -OCH3 is 1. The van der Waals surface area contributed by atoms with E-state index in [0.29, 0.717) is 48.5 Å². The van der Waals surface area contributed by atoms with Gasteiger partial charge in [-0.15, -0.1) is 0 Å². The summed E-state index contributed by atoms with van der Waals surface area (Å²) in [6.07, 6.45) is 0.863. The number of amides is 1. The lowest BCUT2D eigenvalue weighted by Gasteiger charge is -2.42. The fourth-order valence-electron chi connectivity index (χ4n) is 2.58. The molecular weight excluding hydrogens is 318 g/mol. The maximum atomic E-state index is 12.9. The summed E-state index contributed by atoms with van der Waals surface area (Å²) in [6, 6.07) is 3.33. The fourth-order valence-corrected chi connectivity index (χ4v) is 2.84. The van der Waals surface area contributed by atoms with Gasteiger partial charge in [0.1, 0.15) is 0 Å². The van der Waals surface area contributed by atoms with Gasteiger partial charge < -0.3 is 19.1 Å². The van der Waals surface area contributed by atoms with Crippen molar-refractivity contribution >= 4 is 17.5 Å². The van der Waals surface area contributed by atoms with Gasteiger partial charge in [0, 0.05) is 12.1 Å². The van der Waals surface area contributed by atoms with Crippen molar-refractivity contribution in [3.8, 4) is 11.5 Å². The molecule has 1 aliphatic rings. The summed E-state index contributed by atoms with van der Waals surface area (Å²) >= 11 is 6.30. The van der Waals surface area contributed by atoms with E-state index in [0.717, 1.165) is 6.42 Å². The van der Waals surface area contributed by atoms with Crippen LogP contribution in [-0.2, 0) is 4.74 Å². The van der Waals surface area contributed by atoms with Gasteiger partial charge >= 0.3 is 0 Å². The number of carbonyl (C=O) groups excluding carboxylic acids is 1. The van der Waals surface area contributed by atoms with E-state index in [4.69, 9.17) is 25.8 Å². The fraction of sp³-hybridized carbons (Fsp3) is 0.588. The first-order valence-electron chi connectivity index (χ1n) is 7.80. The van der Waals surface area contributed by atoms with Crippen LogP contribution in [0.2, 0.25) is 5.02 Å². The molecule has 1 heterocycles. The van der Waals surface area contributed by atoms with Gasteiger partial charge in [-0.2, -0.15) is 0 Å². The number of carbonyl (C=O) groups is 1. The van der Waals surface area contributed by atoms with Crippen molar-refractivity contribution in [2.45, 2.75) is 32.7 Å². The maximum Gasteiger partial charge on any atom is 0.254 e. The molecule has 0 bridgehead atoms. The van der Waals surface area contributed by atoms with Crippen molar-refractivity contribution in [3.05, 3.63) is 22.7 Å². The SMILES string of the molecule is CCCOc1c(Cl)cc(C(=O)N2CCOCC2(C)C)cc1OC. The van der Waals surface area contributed by atoms with Crippen molar-refractivity contribution < 1.29 is 19.0 Å². The van der Waals surface area contributed by atoms with Gasteiger partial charge in [-0.25, -0.2) is 0 Å². The Balaban J connectivity index is 2.32. The quantitative estimate of drug-likeness (QED) is 0.823. The number of hydrogen-bond acceptors (Lipinski definition) is 4. The molecule has 23 heavy (non-hydrogen) atoms. The number of ether oxygens (including phenoxy) is 3. The Morgan fingerprint density at radius 1 is 1.43 bits per heavy atom. The zero-order chi connectivity index (χ0) is 17.0. The second kappa shape index (κ2) is 7.41. The minimum absolute atomic E-state index is 0.0828. The van der Waals surface area contributed by atoms with Crippen LogP contribution in [0.5, 0.6) is 11.5 Å². The molecule has 0 aromatic heterocycles. The molecule has 1 aromatic carbocycles. The molecule has 0 atom stereocenters. The molecule has 1 aromatic rings. The molecule has 0 unspecified atom stereocenters. The average molecular weight is 342 g/mol. The van der Waals surface area contributed by atoms with Crippen LogP contribution in [-0.4, -0.2) is 49.8 Å². The lowest BCUT2D eigenvalue weighted by atomic mass is 10.0. The first-order chi connectivity index (χ1) is 10.9. The zero-order valence-electron chi connectivity index (χ0n) is 14.1. The van der Waals surface area contributed by atoms with Gasteiger partial charge in [-0.3, -0.25) is 4.79 Å². The van der Waals surface area contributed by atoms with E-state index in [2.05, 4.69) is 0 Å². The molecule has 0 spiro atoms. The van der Waals surface area contributed by atoms with Crippen LogP contribution < -0.4 is 9.47 Å². The van der Waals surface area contributed by atoms with Gasteiger partial charge in [-0.1, -0.05) is 18.5 Å². The summed E-state index contributed by atoms with van der Waals surface area (Å²) in [6.45, 7) is 8.14. The molecule has 0 N–H and O–H groups in total. The highest BCUT2D eigenvalue weighted by molar-refractivity contribution is 6.32. The number of benzene rings is 1. The molecule has 2 rings (SSSR count). The molecule has 1 fully saturated rings. The Morgan fingerprint density at radius 3 is 2.78 bits per heavy atom. The van der Waals surface area contributed by atoms with E-state index < -0.39 is 0 Å². The largest absolute Gasteiger partial charge is 0.493 e. The predicted octanol–water partition coefficient (Wildman–Crippen LogP) is 3.39. The number of halogens is 1. The van der Waals surface area contributed by atoms with Crippen LogP contribution in [0.1, 0.15) is 37.6 Å². The Hall–Kier alpha value is -1.46. The summed E-state index contributed by atoms with van der Waals surface area (Å²) in [5, 5.41) is 0.382. The summed E-state index contributed by atoms with van der Waals surface area (Å²) in [5.41, 5.74) is 0.137. The summed E-state index contributed by atoms with van der Waals surface area (Å²) in [5.74, 6) is 0.870. The third-order valence-electron chi connectivity index (χ3n) is 3.82. The van der Waals surface area contributed by atoms with Crippen molar-refractivity contribution in [1.29, 1.82) is 0 Å². The Morgan fingerprint density at radius 2 is 2.17 bits per heavy atom. The molecule has 5 nitrogen and oxygen atoms in total. The highest BCUT2D eigenvalue weighted by atomic mass is 35.5. The van der Waals surface area contributed by atoms with Gasteiger partial charge in [0.25, 0.3) is 5.91 Å². The smallest absolute Gasteiger partial charge is 0.254 e. The predicted molar refractivity (Wildman–Crippen MR) is 89.7 cm³/mol. The molecule has 1 saturated heterocycles. The van der Waals surface area contributed by atoms with Crippen molar-refractivity contribution in [2.24, 2.45) is 0 Å². The monoisotopic (exact) mass is 341 g/mol. The molecule has 128 valence electrons. The van der Waals surface area contributed by atoms with Crippen LogP contribution in [0.25, 0.3) is 0 Å². The first-order valence-corrected chi connectivity index (χ1v) is 8.18. The minimum Gasteiger partial charge on any atom is -0.493 e. The van der Waals surface area contributed by atoms with E-state index in [1.807, 2.05) is 25.7 Å². The Labute approximate surface area is 142 Å². The third-order valence-corrected chi connectivity index (χ3v) is 4.10. The van der Waals surface area contributed by atoms with E-state index in [1.54, 1.807) is 12.1 Å². The van der Waals surface area contributed by atoms with Crippen LogP contribution in [0, 0.1) is 0 Å². The van der Waals surface area contributed by atoms with E-state index in [9.17, 15) is 4.79 Å². The highest BCUT2D eigenvalue weighted by Gasteiger charge is 2.35. The van der Waals surface area contributed by atoms with Crippen LogP contribution >= 0.6 is 11.6 Å². The summed E-state index contributed by atoms with van der Waals surface area (Å²) in [7, 11) is 1.54. The topological polar surface area (TPSA) is 48.0 Å². The van der Waals surface area contributed by atoms with Crippen LogP contribution in [0.4, 0.5) is 0 Å². The second-order valence-corrected chi connectivity index (χ2v) is 6.57. The van der Waals surface area contributed by atoms with Gasteiger partial charge in [0.2, 0.25) is 0 Å². The maximum absolute atomic E-state index is 12.9. The third kappa shape index (κ3) is 3.90. The number of rotatable bonds is 5. The number of hydrogen-bond donors (Lipinski definition) is 0. The lowest BCUT2D eigenvalue weighted by Crippen LogP contribution is -2.55. The molecule has 6 heteroatoms. The number of morpholine rings is 1.